The third-order valence-electron chi connectivity index (χ3n) is 6.20. The maximum Gasteiger partial charge on any atom is 0.248 e. The van der Waals surface area contributed by atoms with Gasteiger partial charge < -0.3 is 19.7 Å². The molecule has 0 amide bonds. The number of ether oxygens (including phenoxy) is 2. The number of hydrogen-bond acceptors (Lipinski definition) is 5. The second-order valence-corrected chi connectivity index (χ2v) is 8.00. The molecule has 25 heavy (non-hydrogen) atoms. The van der Waals surface area contributed by atoms with Gasteiger partial charge in [-0.05, 0) is 36.1 Å². The first-order valence-electron chi connectivity index (χ1n) is 9.35. The van der Waals surface area contributed by atoms with Crippen LogP contribution in [0.15, 0.2) is 23.8 Å². The van der Waals surface area contributed by atoms with E-state index in [1.54, 1.807) is 0 Å². The summed E-state index contributed by atoms with van der Waals surface area (Å²) in [5.74, 6) is 0.855. The summed E-state index contributed by atoms with van der Waals surface area (Å²) in [4.78, 5) is 2.42. The van der Waals surface area contributed by atoms with E-state index < -0.39 is 18.0 Å². The Morgan fingerprint density at radius 3 is 2.76 bits per heavy atom. The van der Waals surface area contributed by atoms with E-state index in [4.69, 9.17) is 9.47 Å². The zero-order valence-electron chi connectivity index (χ0n) is 14.7. The van der Waals surface area contributed by atoms with Gasteiger partial charge in [0.1, 0.15) is 0 Å². The predicted molar refractivity (Wildman–Crippen MR) is 92.7 cm³/mol. The van der Waals surface area contributed by atoms with Crippen LogP contribution in [0.5, 0.6) is 11.5 Å². The second-order valence-electron chi connectivity index (χ2n) is 8.00. The molecule has 1 saturated heterocycles. The Hall–Kier alpha value is -1.56. The Kier molecular flexibility index (Phi) is 3.28. The van der Waals surface area contributed by atoms with E-state index in [0.29, 0.717) is 0 Å². The standard InChI is InChI=1S/C20H25NO4/c1-3-5-20(2)24-15-8-12-10-21-6-4-11-7-14(22)19(23)17(18(11)21)13(12)9-16(15)25-20/h7-9,14,17-19,22-23H,3-6,10H2,1-2H3/t14-,17-,18?,19+,20?/m0/s1. The molecule has 3 heterocycles. The zero-order chi connectivity index (χ0) is 17.3. The number of fused-ring (bicyclic) bond motifs is 3. The molecule has 3 aliphatic heterocycles. The second kappa shape index (κ2) is 5.22. The Morgan fingerprint density at radius 2 is 2.00 bits per heavy atom. The van der Waals surface area contributed by atoms with Gasteiger partial charge in [0.2, 0.25) is 5.79 Å². The van der Waals surface area contributed by atoms with Crippen LogP contribution >= 0.6 is 0 Å². The van der Waals surface area contributed by atoms with Crippen molar-refractivity contribution in [3.05, 3.63) is 34.9 Å². The molecule has 5 atom stereocenters. The number of aliphatic hydroxyl groups is 2. The molecule has 1 aromatic rings. The molecule has 0 saturated carbocycles. The molecule has 0 spiro atoms. The Bertz CT molecular complexity index is 760. The van der Waals surface area contributed by atoms with Gasteiger partial charge in [-0.1, -0.05) is 18.6 Å². The SMILES string of the molecule is CCCC1(C)Oc2cc3c(cc2O1)[C@H]1C2C(=C[C@H](O)[C@H]1O)CCN2C3. The molecule has 5 nitrogen and oxygen atoms in total. The molecule has 5 heteroatoms. The molecule has 5 rings (SSSR count). The maximum absolute atomic E-state index is 10.7. The largest absolute Gasteiger partial charge is 0.449 e. The van der Waals surface area contributed by atoms with Gasteiger partial charge in [0.05, 0.1) is 12.2 Å². The van der Waals surface area contributed by atoms with E-state index >= 15 is 0 Å². The first kappa shape index (κ1) is 15.7. The van der Waals surface area contributed by atoms with Crippen molar-refractivity contribution in [2.45, 2.75) is 69.6 Å². The summed E-state index contributed by atoms with van der Waals surface area (Å²) in [6, 6.07) is 4.33. The normalized spacial score (nSPS) is 38.3. The first-order chi connectivity index (χ1) is 12.0. The van der Waals surface area contributed by atoms with E-state index in [0.717, 1.165) is 49.4 Å². The molecule has 1 fully saturated rings. The van der Waals surface area contributed by atoms with Crippen molar-refractivity contribution in [3.8, 4) is 11.5 Å². The molecule has 1 aromatic carbocycles. The highest BCUT2D eigenvalue weighted by molar-refractivity contribution is 5.54. The Balaban J connectivity index is 1.59. The summed E-state index contributed by atoms with van der Waals surface area (Å²) in [6.07, 6.45) is 3.08. The molecule has 4 aliphatic rings. The fraction of sp³-hybridized carbons (Fsp3) is 0.600. The van der Waals surface area contributed by atoms with Crippen LogP contribution < -0.4 is 9.47 Å². The minimum atomic E-state index is -0.794. The summed E-state index contributed by atoms with van der Waals surface area (Å²) < 4.78 is 12.2. The van der Waals surface area contributed by atoms with Crippen molar-refractivity contribution in [2.75, 3.05) is 6.54 Å². The zero-order valence-corrected chi connectivity index (χ0v) is 14.7. The highest BCUT2D eigenvalue weighted by Gasteiger charge is 2.49. The molecule has 134 valence electrons. The Morgan fingerprint density at radius 1 is 1.24 bits per heavy atom. The summed E-state index contributed by atoms with van der Waals surface area (Å²) in [5.41, 5.74) is 3.55. The van der Waals surface area contributed by atoms with Gasteiger partial charge in [-0.3, -0.25) is 4.90 Å². The van der Waals surface area contributed by atoms with Crippen LogP contribution in [-0.4, -0.2) is 45.7 Å². The molecule has 2 unspecified atom stereocenters. The van der Waals surface area contributed by atoms with Crippen molar-refractivity contribution in [1.82, 2.24) is 4.90 Å². The Labute approximate surface area is 147 Å². The number of aliphatic hydroxyl groups excluding tert-OH is 2. The van der Waals surface area contributed by atoms with Gasteiger partial charge in [0, 0.05) is 38.4 Å². The fourth-order valence-corrected chi connectivity index (χ4v) is 5.17. The molecular weight excluding hydrogens is 318 g/mol. The molecular formula is C20H25NO4. The van der Waals surface area contributed by atoms with E-state index in [-0.39, 0.29) is 12.0 Å². The third-order valence-corrected chi connectivity index (χ3v) is 6.20. The van der Waals surface area contributed by atoms with E-state index in [1.165, 1.54) is 11.1 Å². The highest BCUT2D eigenvalue weighted by Crippen LogP contribution is 2.51. The van der Waals surface area contributed by atoms with Crippen LogP contribution in [0.3, 0.4) is 0 Å². The summed E-state index contributed by atoms with van der Waals surface area (Å²) in [7, 11) is 0. The lowest BCUT2D eigenvalue weighted by atomic mass is 9.73. The van der Waals surface area contributed by atoms with E-state index in [1.807, 2.05) is 19.1 Å². The average Bonchev–Trinajstić information content (AvgIpc) is 3.09. The van der Waals surface area contributed by atoms with Crippen molar-refractivity contribution in [2.24, 2.45) is 0 Å². The van der Waals surface area contributed by atoms with Crippen LogP contribution in [0.25, 0.3) is 0 Å². The van der Waals surface area contributed by atoms with Crippen molar-refractivity contribution < 1.29 is 19.7 Å². The van der Waals surface area contributed by atoms with Gasteiger partial charge in [-0.15, -0.1) is 0 Å². The minimum Gasteiger partial charge on any atom is -0.449 e. The average molecular weight is 343 g/mol. The predicted octanol–water partition coefficient (Wildman–Crippen LogP) is 2.31. The topological polar surface area (TPSA) is 62.2 Å². The summed E-state index contributed by atoms with van der Waals surface area (Å²) in [5, 5.41) is 21.0. The fourth-order valence-electron chi connectivity index (χ4n) is 5.17. The van der Waals surface area contributed by atoms with Gasteiger partial charge in [-0.2, -0.15) is 0 Å². The lowest BCUT2D eigenvalue weighted by Crippen LogP contribution is -2.49. The van der Waals surface area contributed by atoms with Gasteiger partial charge in [0.15, 0.2) is 11.5 Å². The molecule has 2 N–H and O–H groups in total. The molecule has 1 aliphatic carbocycles. The van der Waals surface area contributed by atoms with Gasteiger partial charge in [-0.25, -0.2) is 0 Å². The van der Waals surface area contributed by atoms with Crippen molar-refractivity contribution >= 4 is 0 Å². The minimum absolute atomic E-state index is 0.104. The first-order valence-corrected chi connectivity index (χ1v) is 9.35. The number of hydrogen-bond donors (Lipinski definition) is 2. The number of rotatable bonds is 2. The van der Waals surface area contributed by atoms with Gasteiger partial charge >= 0.3 is 0 Å². The number of benzene rings is 1. The van der Waals surface area contributed by atoms with Gasteiger partial charge in [0.25, 0.3) is 0 Å². The third kappa shape index (κ3) is 2.19. The smallest absolute Gasteiger partial charge is 0.248 e. The summed E-state index contributed by atoms with van der Waals surface area (Å²) >= 11 is 0. The van der Waals surface area contributed by atoms with Crippen LogP contribution in [0, 0.1) is 0 Å². The van der Waals surface area contributed by atoms with Crippen LogP contribution in [0.4, 0.5) is 0 Å². The van der Waals surface area contributed by atoms with Crippen LogP contribution in [-0.2, 0) is 6.54 Å². The molecule has 0 aromatic heterocycles. The van der Waals surface area contributed by atoms with Crippen molar-refractivity contribution in [3.63, 3.8) is 0 Å². The van der Waals surface area contributed by atoms with E-state index in [2.05, 4.69) is 17.9 Å². The highest BCUT2D eigenvalue weighted by atomic mass is 16.7. The van der Waals surface area contributed by atoms with Crippen LogP contribution in [0.1, 0.15) is 50.2 Å². The molecule has 0 radical (unpaired) electrons. The lowest BCUT2D eigenvalue weighted by Gasteiger charge is -2.44. The number of nitrogens with zero attached hydrogens (tertiary/aromatic N) is 1. The monoisotopic (exact) mass is 343 g/mol. The van der Waals surface area contributed by atoms with E-state index in [9.17, 15) is 10.2 Å². The quantitative estimate of drug-likeness (QED) is 0.807. The lowest BCUT2D eigenvalue weighted by molar-refractivity contribution is -0.0684. The van der Waals surface area contributed by atoms with Crippen LogP contribution in [0.2, 0.25) is 0 Å². The molecule has 0 bridgehead atoms. The summed E-state index contributed by atoms with van der Waals surface area (Å²) in [6.45, 7) is 5.94. The van der Waals surface area contributed by atoms with Crippen molar-refractivity contribution in [1.29, 1.82) is 0 Å². The maximum atomic E-state index is 10.7.